The number of nitrogens with two attached hydrogens (primary N) is 1. The van der Waals surface area contributed by atoms with Gasteiger partial charge < -0.3 is 10.5 Å². The van der Waals surface area contributed by atoms with Crippen molar-refractivity contribution >= 4 is 0 Å². The van der Waals surface area contributed by atoms with Gasteiger partial charge in [-0.2, -0.15) is 0 Å². The Morgan fingerprint density at radius 2 is 1.93 bits per heavy atom. The molecule has 0 bridgehead atoms. The third-order valence-corrected chi connectivity index (χ3v) is 1.98. The van der Waals surface area contributed by atoms with Crippen LogP contribution in [0.2, 0.25) is 0 Å². The van der Waals surface area contributed by atoms with E-state index >= 15 is 0 Å². The Kier molecular flexibility index (Phi) is 3.57. The zero-order chi connectivity index (χ0) is 11.5. The highest BCUT2D eigenvalue weighted by molar-refractivity contribution is 5.35. The van der Waals surface area contributed by atoms with Crippen LogP contribution in [-0.2, 0) is 0 Å². The van der Waals surface area contributed by atoms with E-state index in [1.807, 2.05) is 0 Å². The van der Waals surface area contributed by atoms with Crippen LogP contribution in [-0.4, -0.2) is 6.36 Å². The lowest BCUT2D eigenvalue weighted by atomic mass is 10.0. The van der Waals surface area contributed by atoms with Gasteiger partial charge in [-0.3, -0.25) is 0 Å². The fourth-order valence-corrected chi connectivity index (χ4v) is 1.22. The van der Waals surface area contributed by atoms with Crippen molar-refractivity contribution in [3.8, 4) is 5.75 Å². The van der Waals surface area contributed by atoms with E-state index in [0.717, 1.165) is 0 Å². The van der Waals surface area contributed by atoms with Gasteiger partial charge in [0.1, 0.15) is 5.75 Å². The number of halogens is 3. The van der Waals surface area contributed by atoms with Crippen molar-refractivity contribution < 1.29 is 17.9 Å². The summed E-state index contributed by atoms with van der Waals surface area (Å²) in [5.74, 6) is -0.223. The van der Waals surface area contributed by atoms with Gasteiger partial charge in [0.05, 0.1) is 0 Å². The number of ether oxygens (including phenoxy) is 1. The summed E-state index contributed by atoms with van der Waals surface area (Å²) in [5.41, 5.74) is 6.04. The second kappa shape index (κ2) is 4.53. The van der Waals surface area contributed by atoms with Crippen molar-refractivity contribution in [1.82, 2.24) is 0 Å². The first-order valence-corrected chi connectivity index (χ1v) is 4.54. The van der Waals surface area contributed by atoms with Crippen LogP contribution in [0.3, 0.4) is 0 Å². The summed E-state index contributed by atoms with van der Waals surface area (Å²) in [5, 5.41) is 0. The van der Waals surface area contributed by atoms with Crippen LogP contribution in [0, 0.1) is 0 Å². The largest absolute Gasteiger partial charge is 0.573 e. The van der Waals surface area contributed by atoms with Crippen LogP contribution in [0.15, 0.2) is 24.3 Å². The molecular formula is C10H12F3NO. The molecule has 1 rings (SSSR count). The molecule has 0 amide bonds. The lowest BCUT2D eigenvalue weighted by Gasteiger charge is -2.16. The highest BCUT2D eigenvalue weighted by Crippen LogP contribution is 2.30. The van der Waals surface area contributed by atoms with Crippen LogP contribution >= 0.6 is 0 Å². The van der Waals surface area contributed by atoms with Gasteiger partial charge in [0.25, 0.3) is 0 Å². The smallest absolute Gasteiger partial charge is 0.405 e. The molecule has 0 aliphatic rings. The minimum Gasteiger partial charge on any atom is -0.405 e. The topological polar surface area (TPSA) is 35.2 Å². The molecule has 84 valence electrons. The van der Waals surface area contributed by atoms with E-state index in [0.29, 0.717) is 12.0 Å². The summed E-state index contributed by atoms with van der Waals surface area (Å²) in [4.78, 5) is 0. The predicted molar refractivity (Wildman–Crippen MR) is 50.3 cm³/mol. The van der Waals surface area contributed by atoms with Crippen molar-refractivity contribution in [3.63, 3.8) is 0 Å². The summed E-state index contributed by atoms with van der Waals surface area (Å²) in [7, 11) is 0. The summed E-state index contributed by atoms with van der Waals surface area (Å²) in [6.45, 7) is 1.80. The third-order valence-electron chi connectivity index (χ3n) is 1.98. The maximum Gasteiger partial charge on any atom is 0.573 e. The van der Waals surface area contributed by atoms with E-state index in [1.54, 1.807) is 13.0 Å². The zero-order valence-corrected chi connectivity index (χ0v) is 8.21. The van der Waals surface area contributed by atoms with Crippen LogP contribution in [0.25, 0.3) is 0 Å². The second-order valence-electron chi connectivity index (χ2n) is 3.10. The predicted octanol–water partition coefficient (Wildman–Crippen LogP) is 3.00. The highest BCUT2D eigenvalue weighted by atomic mass is 19.4. The third kappa shape index (κ3) is 3.43. The van der Waals surface area contributed by atoms with Gasteiger partial charge in [-0.15, -0.1) is 13.2 Å². The van der Waals surface area contributed by atoms with E-state index in [4.69, 9.17) is 5.73 Å². The maximum absolute atomic E-state index is 12.0. The molecular weight excluding hydrogens is 207 g/mol. The molecule has 1 aromatic carbocycles. The molecule has 1 atom stereocenters. The average Bonchev–Trinajstić information content (AvgIpc) is 2.15. The van der Waals surface area contributed by atoms with E-state index < -0.39 is 12.4 Å². The maximum atomic E-state index is 12.0. The molecule has 1 unspecified atom stereocenters. The molecule has 0 saturated carbocycles. The fraction of sp³-hybridized carbons (Fsp3) is 0.400. The van der Waals surface area contributed by atoms with Crippen molar-refractivity contribution in [1.29, 1.82) is 0 Å². The fourth-order valence-electron chi connectivity index (χ4n) is 1.22. The van der Waals surface area contributed by atoms with Crippen molar-refractivity contribution in [2.75, 3.05) is 0 Å². The Morgan fingerprint density at radius 3 is 2.47 bits per heavy atom. The summed E-state index contributed by atoms with van der Waals surface area (Å²) in [6.07, 6.45) is -4.12. The Morgan fingerprint density at radius 1 is 1.33 bits per heavy atom. The van der Waals surface area contributed by atoms with Crippen LogP contribution in [0.1, 0.15) is 24.9 Å². The number of rotatable bonds is 3. The molecule has 1 aromatic rings. The highest BCUT2D eigenvalue weighted by Gasteiger charge is 2.32. The van der Waals surface area contributed by atoms with Gasteiger partial charge in [0, 0.05) is 11.6 Å². The first kappa shape index (κ1) is 11.8. The summed E-state index contributed by atoms with van der Waals surface area (Å²) < 4.78 is 40.0. The molecule has 0 radical (unpaired) electrons. The number of hydrogen-bond acceptors (Lipinski definition) is 2. The molecule has 0 heterocycles. The average molecular weight is 219 g/mol. The Balaban J connectivity index is 2.96. The van der Waals surface area contributed by atoms with Crippen LogP contribution in [0.4, 0.5) is 13.2 Å². The van der Waals surface area contributed by atoms with Gasteiger partial charge in [0.2, 0.25) is 0 Å². The minimum atomic E-state index is -4.68. The van der Waals surface area contributed by atoms with Gasteiger partial charge in [-0.25, -0.2) is 0 Å². The SMILES string of the molecule is CCC(N)c1ccccc1OC(F)(F)F. The Labute approximate surface area is 85.8 Å². The summed E-state index contributed by atoms with van der Waals surface area (Å²) in [6, 6.07) is 5.47. The Bertz CT molecular complexity index is 325. The number of alkyl halides is 3. The quantitative estimate of drug-likeness (QED) is 0.848. The lowest BCUT2D eigenvalue weighted by molar-refractivity contribution is -0.275. The monoisotopic (exact) mass is 219 g/mol. The number of benzene rings is 1. The summed E-state index contributed by atoms with van der Waals surface area (Å²) >= 11 is 0. The zero-order valence-electron chi connectivity index (χ0n) is 8.21. The molecule has 0 aliphatic carbocycles. The van der Waals surface area contributed by atoms with E-state index in [9.17, 15) is 13.2 Å². The van der Waals surface area contributed by atoms with Gasteiger partial charge >= 0.3 is 6.36 Å². The van der Waals surface area contributed by atoms with E-state index in [1.165, 1.54) is 18.2 Å². The van der Waals surface area contributed by atoms with Crippen LogP contribution < -0.4 is 10.5 Å². The van der Waals surface area contributed by atoms with E-state index in [2.05, 4.69) is 4.74 Å². The van der Waals surface area contributed by atoms with Gasteiger partial charge in [-0.1, -0.05) is 25.1 Å². The van der Waals surface area contributed by atoms with Gasteiger partial charge in [0.15, 0.2) is 0 Å². The first-order valence-electron chi connectivity index (χ1n) is 4.54. The second-order valence-corrected chi connectivity index (χ2v) is 3.10. The molecule has 0 aromatic heterocycles. The van der Waals surface area contributed by atoms with E-state index in [-0.39, 0.29) is 5.75 Å². The molecule has 0 aliphatic heterocycles. The van der Waals surface area contributed by atoms with Gasteiger partial charge in [-0.05, 0) is 12.5 Å². The van der Waals surface area contributed by atoms with Crippen LogP contribution in [0.5, 0.6) is 5.75 Å². The minimum absolute atomic E-state index is 0.223. The van der Waals surface area contributed by atoms with Crippen molar-refractivity contribution in [2.45, 2.75) is 25.7 Å². The van der Waals surface area contributed by atoms with Crippen molar-refractivity contribution in [3.05, 3.63) is 29.8 Å². The standard InChI is InChI=1S/C10H12F3NO/c1-2-8(14)7-5-3-4-6-9(7)15-10(11,12)13/h3-6,8H,2,14H2,1H3. The number of para-hydroxylation sites is 1. The Hall–Kier alpha value is -1.23. The molecule has 0 saturated heterocycles. The first-order chi connectivity index (χ1) is 6.94. The molecule has 15 heavy (non-hydrogen) atoms. The number of hydrogen-bond donors (Lipinski definition) is 1. The molecule has 2 nitrogen and oxygen atoms in total. The molecule has 0 fully saturated rings. The molecule has 0 spiro atoms. The normalized spacial score (nSPS) is 13.7. The molecule has 5 heteroatoms. The van der Waals surface area contributed by atoms with Crippen molar-refractivity contribution in [2.24, 2.45) is 5.73 Å². The lowest BCUT2D eigenvalue weighted by Crippen LogP contribution is -2.20. The molecule has 2 N–H and O–H groups in total.